The van der Waals surface area contributed by atoms with Crippen LogP contribution in [0.2, 0.25) is 0 Å². The van der Waals surface area contributed by atoms with E-state index in [0.717, 1.165) is 12.8 Å². The molecule has 0 radical (unpaired) electrons. The number of benzene rings is 1. The number of piperidine rings is 1. The summed E-state index contributed by atoms with van der Waals surface area (Å²) >= 11 is 0. The van der Waals surface area contributed by atoms with Crippen molar-refractivity contribution in [2.24, 2.45) is 4.40 Å². The van der Waals surface area contributed by atoms with E-state index in [1.54, 1.807) is 23.1 Å². The van der Waals surface area contributed by atoms with Gasteiger partial charge in [0, 0.05) is 31.7 Å². The molecule has 26 heavy (non-hydrogen) atoms. The summed E-state index contributed by atoms with van der Waals surface area (Å²) in [6.07, 6.45) is 1.17. The number of hydrogen-bond donors (Lipinski definition) is 0. The average Bonchev–Trinajstić information content (AvgIpc) is 2.85. The van der Waals surface area contributed by atoms with Crippen molar-refractivity contribution >= 4 is 22.0 Å². The lowest BCUT2D eigenvalue weighted by atomic mass is 10.0. The Morgan fingerprint density at radius 1 is 1.23 bits per heavy atom. The van der Waals surface area contributed by atoms with Crippen LogP contribution in [0.1, 0.15) is 39.2 Å². The molecular formula is C18H25N3O4S. The third-order valence-corrected chi connectivity index (χ3v) is 5.94. The van der Waals surface area contributed by atoms with E-state index in [0.29, 0.717) is 24.5 Å². The lowest BCUT2D eigenvalue weighted by molar-refractivity contribution is 0.0179. The highest BCUT2D eigenvalue weighted by Gasteiger charge is 2.35. The third kappa shape index (κ3) is 3.70. The fourth-order valence-corrected chi connectivity index (χ4v) is 4.52. The lowest BCUT2D eigenvalue weighted by Gasteiger charge is -2.38. The molecule has 142 valence electrons. The number of sulfonamides is 1. The first-order valence-corrected chi connectivity index (χ1v) is 10.2. The van der Waals surface area contributed by atoms with Gasteiger partial charge in [0.2, 0.25) is 0 Å². The van der Waals surface area contributed by atoms with Crippen molar-refractivity contribution in [2.45, 2.75) is 50.2 Å². The largest absolute Gasteiger partial charge is 0.444 e. The quantitative estimate of drug-likeness (QED) is 0.749. The van der Waals surface area contributed by atoms with Crippen molar-refractivity contribution in [3.05, 3.63) is 29.8 Å². The van der Waals surface area contributed by atoms with E-state index in [2.05, 4.69) is 4.40 Å². The Morgan fingerprint density at radius 3 is 2.46 bits per heavy atom. The van der Waals surface area contributed by atoms with Crippen LogP contribution in [0.25, 0.3) is 0 Å². The van der Waals surface area contributed by atoms with Gasteiger partial charge in [-0.3, -0.25) is 0 Å². The highest BCUT2D eigenvalue weighted by Crippen LogP contribution is 2.29. The SMILES string of the molecule is CN(C1=NS(=O)(=O)c2ccccc21)C1CCN(C(=O)OC(C)(C)C)CC1. The molecule has 0 aliphatic carbocycles. The Kier molecular flexibility index (Phi) is 4.72. The van der Waals surface area contributed by atoms with E-state index in [9.17, 15) is 13.2 Å². The number of amidine groups is 1. The highest BCUT2D eigenvalue weighted by molar-refractivity contribution is 7.90. The first kappa shape index (κ1) is 18.7. The Balaban J connectivity index is 1.68. The van der Waals surface area contributed by atoms with Gasteiger partial charge in [0.15, 0.2) is 5.84 Å². The zero-order chi connectivity index (χ0) is 19.1. The molecule has 0 N–H and O–H groups in total. The number of carbonyl (C=O) groups excluding carboxylic acids is 1. The van der Waals surface area contributed by atoms with Crippen LogP contribution >= 0.6 is 0 Å². The normalized spacial score (nSPS) is 19.7. The number of rotatable bonds is 1. The second kappa shape index (κ2) is 6.57. The summed E-state index contributed by atoms with van der Waals surface area (Å²) in [7, 11) is -1.76. The summed E-state index contributed by atoms with van der Waals surface area (Å²) in [5.74, 6) is 0.483. The van der Waals surface area contributed by atoms with E-state index in [1.165, 1.54) is 0 Å². The molecule has 7 nitrogen and oxygen atoms in total. The molecule has 1 amide bonds. The van der Waals surface area contributed by atoms with Crippen molar-refractivity contribution in [3.8, 4) is 0 Å². The highest BCUT2D eigenvalue weighted by atomic mass is 32.2. The van der Waals surface area contributed by atoms with E-state index in [-0.39, 0.29) is 17.0 Å². The number of fused-ring (bicyclic) bond motifs is 1. The van der Waals surface area contributed by atoms with Gasteiger partial charge in [-0.2, -0.15) is 8.42 Å². The first-order chi connectivity index (χ1) is 12.1. The van der Waals surface area contributed by atoms with Gasteiger partial charge in [-0.05, 0) is 45.7 Å². The van der Waals surface area contributed by atoms with Crippen LogP contribution in [-0.2, 0) is 14.8 Å². The number of carbonyl (C=O) groups is 1. The molecule has 2 heterocycles. The predicted molar refractivity (Wildman–Crippen MR) is 98.8 cm³/mol. The maximum Gasteiger partial charge on any atom is 0.410 e. The molecule has 0 aromatic heterocycles. The molecule has 0 spiro atoms. The second-order valence-corrected chi connectivity index (χ2v) is 9.27. The van der Waals surface area contributed by atoms with Gasteiger partial charge in [-0.1, -0.05) is 12.1 Å². The van der Waals surface area contributed by atoms with Crippen LogP contribution in [0.5, 0.6) is 0 Å². The third-order valence-electron chi connectivity index (χ3n) is 4.61. The van der Waals surface area contributed by atoms with Crippen LogP contribution in [0, 0.1) is 0 Å². The van der Waals surface area contributed by atoms with Gasteiger partial charge in [0.1, 0.15) is 10.5 Å². The summed E-state index contributed by atoms with van der Waals surface area (Å²) in [5, 5.41) is 0. The van der Waals surface area contributed by atoms with Gasteiger partial charge in [-0.15, -0.1) is 4.40 Å². The summed E-state index contributed by atoms with van der Waals surface area (Å²) in [5.41, 5.74) is 0.131. The van der Waals surface area contributed by atoms with Crippen molar-refractivity contribution in [2.75, 3.05) is 20.1 Å². The van der Waals surface area contributed by atoms with Crippen LogP contribution in [0.15, 0.2) is 33.6 Å². The minimum Gasteiger partial charge on any atom is -0.444 e. The molecule has 0 bridgehead atoms. The fraction of sp³-hybridized carbons (Fsp3) is 0.556. The molecule has 0 unspecified atom stereocenters. The van der Waals surface area contributed by atoms with E-state index in [4.69, 9.17) is 4.74 Å². The molecule has 0 atom stereocenters. The standard InChI is InChI=1S/C18H25N3O4S/c1-18(2,3)25-17(22)21-11-9-13(10-12-21)20(4)16-14-7-5-6-8-15(14)26(23,24)19-16/h5-8,13H,9-12H2,1-4H3. The molecule has 8 heteroatoms. The first-order valence-electron chi connectivity index (χ1n) is 8.73. The molecule has 1 saturated heterocycles. The lowest BCUT2D eigenvalue weighted by Crippen LogP contribution is -2.48. The maximum atomic E-state index is 12.2. The van der Waals surface area contributed by atoms with Gasteiger partial charge in [0.05, 0.1) is 0 Å². The molecule has 2 aliphatic rings. The van der Waals surface area contributed by atoms with Crippen molar-refractivity contribution in [3.63, 3.8) is 0 Å². The van der Waals surface area contributed by atoms with Crippen molar-refractivity contribution < 1.29 is 17.9 Å². The number of nitrogens with zero attached hydrogens (tertiary/aromatic N) is 3. The van der Waals surface area contributed by atoms with E-state index < -0.39 is 15.6 Å². The molecular weight excluding hydrogens is 354 g/mol. The number of hydrogen-bond acceptors (Lipinski definition) is 5. The summed E-state index contributed by atoms with van der Waals surface area (Å²) in [6.45, 7) is 6.70. The molecule has 0 saturated carbocycles. The van der Waals surface area contributed by atoms with E-state index >= 15 is 0 Å². The zero-order valence-electron chi connectivity index (χ0n) is 15.6. The van der Waals surface area contributed by atoms with Crippen LogP contribution in [0.3, 0.4) is 0 Å². The molecule has 3 rings (SSSR count). The van der Waals surface area contributed by atoms with Gasteiger partial charge < -0.3 is 14.5 Å². The number of likely N-dealkylation sites (tertiary alicyclic amines) is 1. The number of amides is 1. The Morgan fingerprint density at radius 2 is 1.85 bits per heavy atom. The minimum atomic E-state index is -3.62. The molecule has 1 aromatic carbocycles. The van der Waals surface area contributed by atoms with Gasteiger partial charge >= 0.3 is 6.09 Å². The zero-order valence-corrected chi connectivity index (χ0v) is 16.4. The van der Waals surface area contributed by atoms with Crippen molar-refractivity contribution in [1.29, 1.82) is 0 Å². The summed E-state index contributed by atoms with van der Waals surface area (Å²) < 4.78 is 33.9. The van der Waals surface area contributed by atoms with Crippen LogP contribution in [-0.4, -0.2) is 61.9 Å². The second-order valence-electron chi connectivity index (χ2n) is 7.70. The average molecular weight is 379 g/mol. The molecule has 1 aromatic rings. The Hall–Kier alpha value is -2.09. The predicted octanol–water partition coefficient (Wildman–Crippen LogP) is 2.47. The van der Waals surface area contributed by atoms with Crippen molar-refractivity contribution in [1.82, 2.24) is 9.80 Å². The minimum absolute atomic E-state index is 0.119. The summed E-state index contributed by atoms with van der Waals surface area (Å²) in [6, 6.07) is 7.00. The molecule has 2 aliphatic heterocycles. The van der Waals surface area contributed by atoms with Crippen LogP contribution in [0.4, 0.5) is 4.79 Å². The Bertz CT molecular complexity index is 834. The Labute approximate surface area is 154 Å². The number of ether oxygens (including phenoxy) is 1. The smallest absolute Gasteiger partial charge is 0.410 e. The van der Waals surface area contributed by atoms with Gasteiger partial charge in [0.25, 0.3) is 10.0 Å². The maximum absolute atomic E-state index is 12.2. The van der Waals surface area contributed by atoms with Gasteiger partial charge in [-0.25, -0.2) is 4.79 Å². The monoisotopic (exact) mass is 379 g/mol. The van der Waals surface area contributed by atoms with E-state index in [1.807, 2.05) is 38.8 Å². The van der Waals surface area contributed by atoms with Crippen LogP contribution < -0.4 is 0 Å². The fourth-order valence-electron chi connectivity index (χ4n) is 3.28. The topological polar surface area (TPSA) is 79.3 Å². The summed E-state index contributed by atoms with van der Waals surface area (Å²) in [4.78, 5) is 16.1. The molecule has 1 fully saturated rings.